The highest BCUT2D eigenvalue weighted by molar-refractivity contribution is 6.62. The van der Waals surface area contributed by atoms with E-state index in [0.29, 0.717) is 5.69 Å². The zero-order valence-electron chi connectivity index (χ0n) is 22.5. The Labute approximate surface area is 214 Å². The van der Waals surface area contributed by atoms with Crippen molar-refractivity contribution in [3.8, 4) is 0 Å². The fourth-order valence-corrected chi connectivity index (χ4v) is 4.10. The molecule has 200 valence electrons. The number of ether oxygens (including phenoxy) is 2. The van der Waals surface area contributed by atoms with Gasteiger partial charge in [0.2, 0.25) is 0 Å². The number of hydroxylamine groups is 1. The summed E-state index contributed by atoms with van der Waals surface area (Å²) in [6, 6.07) is 5.95. The monoisotopic (exact) mass is 505 g/mol. The molecule has 1 N–H and O–H groups in total. The molecule has 0 spiro atoms. The van der Waals surface area contributed by atoms with Gasteiger partial charge >= 0.3 is 19.2 Å². The van der Waals surface area contributed by atoms with Crippen molar-refractivity contribution in [2.75, 3.05) is 11.7 Å². The number of rotatable bonds is 8. The number of hydrogen-bond acceptors (Lipinski definition) is 9. The Morgan fingerprint density at radius 3 is 2.14 bits per heavy atom. The van der Waals surface area contributed by atoms with Crippen LogP contribution >= 0.6 is 0 Å². The number of carbonyl (C=O) groups is 2. The predicted octanol–water partition coefficient (Wildman–Crippen LogP) is 3.90. The lowest BCUT2D eigenvalue weighted by atomic mass is 9.79. The number of anilines is 1. The van der Waals surface area contributed by atoms with Crippen LogP contribution in [0.4, 0.5) is 10.5 Å². The van der Waals surface area contributed by atoms with E-state index in [0.717, 1.165) is 36.2 Å². The first kappa shape index (κ1) is 28.3. The quantitative estimate of drug-likeness (QED) is 0.320. The van der Waals surface area contributed by atoms with Crippen molar-refractivity contribution in [1.82, 2.24) is 0 Å². The number of benzene rings is 1. The van der Waals surface area contributed by atoms with Gasteiger partial charge in [-0.25, -0.2) is 9.59 Å². The topological polar surface area (TPSA) is 104 Å². The van der Waals surface area contributed by atoms with E-state index in [2.05, 4.69) is 0 Å². The molecule has 1 heterocycles. The lowest BCUT2D eigenvalue weighted by Gasteiger charge is -2.32. The molecule has 9 nitrogen and oxygen atoms in total. The first-order chi connectivity index (χ1) is 16.7. The third-order valence-electron chi connectivity index (χ3n) is 6.78. The number of carbonyl (C=O) groups excluding carboxylic acids is 2. The molecule has 2 aliphatic rings. The van der Waals surface area contributed by atoms with Gasteiger partial charge in [0, 0.05) is 13.0 Å². The molecule has 0 bridgehead atoms. The van der Waals surface area contributed by atoms with Crippen LogP contribution < -0.4 is 10.5 Å². The molecule has 0 radical (unpaired) electrons. The van der Waals surface area contributed by atoms with E-state index in [9.17, 15) is 14.7 Å². The van der Waals surface area contributed by atoms with Crippen LogP contribution in [0, 0.1) is 0 Å². The second kappa shape index (κ2) is 11.0. The molecule has 2 fully saturated rings. The van der Waals surface area contributed by atoms with Crippen LogP contribution in [0.3, 0.4) is 0 Å². The summed E-state index contributed by atoms with van der Waals surface area (Å²) in [6.45, 7) is 12.8. The fraction of sp³-hybridized carbons (Fsp3) is 0.692. The second-order valence-corrected chi connectivity index (χ2v) is 11.4. The highest BCUT2D eigenvalue weighted by atomic mass is 16.8. The van der Waals surface area contributed by atoms with Crippen molar-refractivity contribution < 1.29 is 38.3 Å². The number of nitrogens with zero attached hydrogens (tertiary/aromatic N) is 1. The first-order valence-corrected chi connectivity index (χ1v) is 12.7. The van der Waals surface area contributed by atoms with Gasteiger partial charge in [-0.3, -0.25) is 0 Å². The SMILES string of the molecule is CC(C)(C)OC(=O)ON(c1ccc(B2OC(C)(C)C(C)(C)O2)cc1)[C@H](CCO)C(=O)OC1CCCC1. The Kier molecular flexibility index (Phi) is 8.63. The van der Waals surface area contributed by atoms with Gasteiger partial charge in [-0.1, -0.05) is 12.1 Å². The molecule has 0 amide bonds. The van der Waals surface area contributed by atoms with Crippen LogP contribution in [0.25, 0.3) is 0 Å². The molecular formula is C26H40BNO8. The third kappa shape index (κ3) is 6.92. The molecular weight excluding hydrogens is 465 g/mol. The van der Waals surface area contributed by atoms with Crippen LogP contribution in [-0.4, -0.2) is 59.9 Å². The van der Waals surface area contributed by atoms with Gasteiger partial charge in [-0.15, -0.1) is 0 Å². The van der Waals surface area contributed by atoms with Crippen LogP contribution in [0.2, 0.25) is 0 Å². The van der Waals surface area contributed by atoms with Crippen molar-refractivity contribution in [2.45, 2.75) is 110 Å². The maximum absolute atomic E-state index is 13.1. The number of aliphatic hydroxyl groups excluding tert-OH is 1. The summed E-state index contributed by atoms with van der Waals surface area (Å²) >= 11 is 0. The van der Waals surface area contributed by atoms with Gasteiger partial charge in [0.1, 0.15) is 11.7 Å². The molecule has 1 aromatic carbocycles. The number of esters is 1. The van der Waals surface area contributed by atoms with E-state index in [4.69, 9.17) is 23.6 Å². The van der Waals surface area contributed by atoms with Gasteiger partial charge in [-0.05, 0) is 91.7 Å². The zero-order valence-corrected chi connectivity index (χ0v) is 22.5. The molecule has 0 aromatic heterocycles. The van der Waals surface area contributed by atoms with Crippen molar-refractivity contribution in [3.63, 3.8) is 0 Å². The molecule has 10 heteroatoms. The highest BCUT2D eigenvalue weighted by Crippen LogP contribution is 2.36. The lowest BCUT2D eigenvalue weighted by Crippen LogP contribution is -2.46. The largest absolute Gasteiger partial charge is 0.533 e. The van der Waals surface area contributed by atoms with Crippen molar-refractivity contribution in [2.24, 2.45) is 0 Å². The summed E-state index contributed by atoms with van der Waals surface area (Å²) in [5.74, 6) is -0.561. The van der Waals surface area contributed by atoms with E-state index in [1.54, 1.807) is 45.0 Å². The zero-order chi connectivity index (χ0) is 26.7. The average Bonchev–Trinajstić information content (AvgIpc) is 3.34. The van der Waals surface area contributed by atoms with E-state index in [-0.39, 0.29) is 19.1 Å². The van der Waals surface area contributed by atoms with Crippen molar-refractivity contribution in [3.05, 3.63) is 24.3 Å². The van der Waals surface area contributed by atoms with Crippen LogP contribution in [0.5, 0.6) is 0 Å². The van der Waals surface area contributed by atoms with E-state index >= 15 is 0 Å². The molecule has 36 heavy (non-hydrogen) atoms. The van der Waals surface area contributed by atoms with Gasteiger partial charge in [0.25, 0.3) is 0 Å². The Bertz CT molecular complexity index is 890. The highest BCUT2D eigenvalue weighted by Gasteiger charge is 2.51. The van der Waals surface area contributed by atoms with Crippen LogP contribution in [0.15, 0.2) is 24.3 Å². The molecule has 1 saturated carbocycles. The van der Waals surface area contributed by atoms with E-state index < -0.39 is 42.1 Å². The first-order valence-electron chi connectivity index (χ1n) is 12.7. The van der Waals surface area contributed by atoms with Gasteiger partial charge in [-0.2, -0.15) is 5.06 Å². The Balaban J connectivity index is 1.86. The van der Waals surface area contributed by atoms with Crippen LogP contribution in [-0.2, 0) is 28.4 Å². The van der Waals surface area contributed by atoms with Gasteiger partial charge in [0.05, 0.1) is 16.9 Å². The molecule has 1 aromatic rings. The van der Waals surface area contributed by atoms with Gasteiger partial charge < -0.3 is 28.7 Å². The minimum Gasteiger partial charge on any atom is -0.461 e. The maximum atomic E-state index is 13.1. The summed E-state index contributed by atoms with van der Waals surface area (Å²) in [4.78, 5) is 31.3. The molecule has 1 atom stereocenters. The van der Waals surface area contributed by atoms with Crippen LogP contribution in [0.1, 0.15) is 80.6 Å². The smallest absolute Gasteiger partial charge is 0.461 e. The minimum absolute atomic E-state index is 0.00727. The minimum atomic E-state index is -1.05. The maximum Gasteiger partial charge on any atom is 0.533 e. The average molecular weight is 505 g/mol. The predicted molar refractivity (Wildman–Crippen MR) is 136 cm³/mol. The lowest BCUT2D eigenvalue weighted by molar-refractivity contribution is -0.152. The molecule has 1 aliphatic carbocycles. The summed E-state index contributed by atoms with van der Waals surface area (Å²) in [5.41, 5.74) is -0.568. The van der Waals surface area contributed by atoms with E-state index in [1.807, 2.05) is 27.7 Å². The molecule has 1 aliphatic heterocycles. The molecule has 3 rings (SSSR count). The summed E-state index contributed by atoms with van der Waals surface area (Å²) in [7, 11) is -0.565. The molecule has 0 unspecified atom stereocenters. The summed E-state index contributed by atoms with van der Waals surface area (Å²) in [5, 5.41) is 10.9. The summed E-state index contributed by atoms with van der Waals surface area (Å²) < 4.78 is 23.3. The normalized spacial score (nSPS) is 20.2. The van der Waals surface area contributed by atoms with Crippen molar-refractivity contribution in [1.29, 1.82) is 0 Å². The number of hydrogen-bond donors (Lipinski definition) is 1. The Hall–Kier alpha value is -2.30. The van der Waals surface area contributed by atoms with E-state index in [1.165, 1.54) is 0 Å². The van der Waals surface area contributed by atoms with Crippen molar-refractivity contribution >= 4 is 30.4 Å². The molecule has 1 saturated heterocycles. The number of aliphatic hydroxyl groups is 1. The summed E-state index contributed by atoms with van der Waals surface area (Å²) in [6.07, 6.45) is 2.47. The Morgan fingerprint density at radius 1 is 1.08 bits per heavy atom. The standard InChI is InChI=1S/C26H40BNO8/c1-24(2,3)33-23(31)34-28(21(16-17-29)22(30)32-20-10-8-9-11-20)19-14-12-18(13-15-19)27-35-25(4,5)26(6,7)36-27/h12-15,20-21,29H,8-11,16-17H2,1-7H3/t21-/m1/s1. The van der Waals surface area contributed by atoms with Gasteiger partial charge in [0.15, 0.2) is 6.04 Å². The Morgan fingerprint density at radius 2 is 1.64 bits per heavy atom. The second-order valence-electron chi connectivity index (χ2n) is 11.4. The fourth-order valence-electron chi connectivity index (χ4n) is 4.10. The third-order valence-corrected chi connectivity index (χ3v) is 6.78.